The number of likely N-dealkylation sites (N-methyl/N-ethyl adjacent to an activating group) is 1. The molecule has 1 amide bonds. The summed E-state index contributed by atoms with van der Waals surface area (Å²) < 4.78 is 7.56. The molecule has 0 spiro atoms. The Bertz CT molecular complexity index is 1190. The van der Waals surface area contributed by atoms with E-state index in [1.165, 1.54) is 11.1 Å². The molecular weight excluding hydrogens is 418 g/mol. The molecule has 2 aliphatic heterocycles. The maximum absolute atomic E-state index is 12.0. The van der Waals surface area contributed by atoms with E-state index in [0.717, 1.165) is 54.8 Å². The quantitative estimate of drug-likeness (QED) is 0.640. The standard InChI is InChI=1S/C24H31N7O2/c1-15-20-11-21(22(33-4)10-17(20)7-9-29(15)3)27-24-25-12-18-13-26-31(23(18)28-24)14-19-6-5-8-30(19)16(2)32/h10-13,15,19H,5-9,14H2,1-4H3,(H,25,27,28)/t15-,19?/m0/s1. The van der Waals surface area contributed by atoms with Crippen LogP contribution in [0.5, 0.6) is 5.75 Å². The third-order valence-electron chi connectivity index (χ3n) is 7.09. The number of rotatable bonds is 5. The number of aromatic nitrogens is 4. The summed E-state index contributed by atoms with van der Waals surface area (Å²) in [6.07, 6.45) is 6.58. The van der Waals surface area contributed by atoms with E-state index in [1.54, 1.807) is 26.4 Å². The molecule has 0 saturated carbocycles. The predicted molar refractivity (Wildman–Crippen MR) is 127 cm³/mol. The minimum absolute atomic E-state index is 0.116. The summed E-state index contributed by atoms with van der Waals surface area (Å²) in [5.41, 5.74) is 4.23. The normalized spacial score (nSPS) is 20.8. The van der Waals surface area contributed by atoms with Crippen LogP contribution in [-0.2, 0) is 17.8 Å². The van der Waals surface area contributed by atoms with Gasteiger partial charge in [0.15, 0.2) is 5.65 Å². The van der Waals surface area contributed by atoms with Crippen molar-refractivity contribution in [2.24, 2.45) is 0 Å². The molecule has 33 heavy (non-hydrogen) atoms. The molecule has 1 unspecified atom stereocenters. The van der Waals surface area contributed by atoms with Crippen LogP contribution in [0, 0.1) is 0 Å². The van der Waals surface area contributed by atoms with Crippen LogP contribution in [0.15, 0.2) is 24.5 Å². The van der Waals surface area contributed by atoms with Crippen LogP contribution >= 0.6 is 0 Å². The first-order valence-electron chi connectivity index (χ1n) is 11.6. The number of carbonyl (C=O) groups excluding carboxylic acids is 1. The van der Waals surface area contributed by atoms with Gasteiger partial charge in [-0.25, -0.2) is 9.67 Å². The summed E-state index contributed by atoms with van der Waals surface area (Å²) in [5, 5.41) is 8.77. The molecule has 9 heteroatoms. The number of likely N-dealkylation sites (tertiary alicyclic amines) is 1. The van der Waals surface area contributed by atoms with Crippen LogP contribution in [-0.4, -0.2) is 68.7 Å². The lowest BCUT2D eigenvalue weighted by Gasteiger charge is -2.32. The van der Waals surface area contributed by atoms with E-state index < -0.39 is 0 Å². The van der Waals surface area contributed by atoms with Gasteiger partial charge in [0.05, 0.1) is 37.0 Å². The molecule has 0 bridgehead atoms. The summed E-state index contributed by atoms with van der Waals surface area (Å²) in [6.45, 7) is 6.34. The lowest BCUT2D eigenvalue weighted by Crippen LogP contribution is -2.36. The molecule has 2 aromatic heterocycles. The second kappa shape index (κ2) is 8.62. The summed E-state index contributed by atoms with van der Waals surface area (Å²) in [5.74, 6) is 1.39. The molecule has 5 rings (SSSR count). The average molecular weight is 450 g/mol. The Hall–Kier alpha value is -3.20. The van der Waals surface area contributed by atoms with Crippen LogP contribution in [0.2, 0.25) is 0 Å². The van der Waals surface area contributed by atoms with Gasteiger partial charge in [-0.15, -0.1) is 0 Å². The number of amides is 1. The molecule has 4 heterocycles. The smallest absolute Gasteiger partial charge is 0.229 e. The Morgan fingerprint density at radius 1 is 1.27 bits per heavy atom. The first-order valence-corrected chi connectivity index (χ1v) is 11.6. The number of hydrogen-bond acceptors (Lipinski definition) is 7. The van der Waals surface area contributed by atoms with E-state index in [-0.39, 0.29) is 11.9 Å². The van der Waals surface area contributed by atoms with Crippen LogP contribution < -0.4 is 10.1 Å². The molecule has 1 saturated heterocycles. The van der Waals surface area contributed by atoms with Gasteiger partial charge in [-0.2, -0.15) is 10.1 Å². The topological polar surface area (TPSA) is 88.4 Å². The SMILES string of the molecule is COc1cc2c(cc1Nc1ncc3cnn(CC4CCCN4C(C)=O)c3n1)[C@H](C)N(C)CC2. The van der Waals surface area contributed by atoms with Crippen molar-refractivity contribution in [2.75, 3.05) is 32.6 Å². The summed E-state index contributed by atoms with van der Waals surface area (Å²) in [4.78, 5) is 25.5. The lowest BCUT2D eigenvalue weighted by atomic mass is 9.93. The summed E-state index contributed by atoms with van der Waals surface area (Å²) in [6, 6.07) is 4.76. The highest BCUT2D eigenvalue weighted by molar-refractivity contribution is 5.76. The van der Waals surface area contributed by atoms with Crippen molar-refractivity contribution in [2.45, 2.75) is 51.7 Å². The van der Waals surface area contributed by atoms with Gasteiger partial charge in [-0.1, -0.05) is 0 Å². The Morgan fingerprint density at radius 3 is 2.91 bits per heavy atom. The molecule has 1 aromatic carbocycles. The van der Waals surface area contributed by atoms with E-state index in [4.69, 9.17) is 9.72 Å². The minimum atomic E-state index is 0.116. The fraction of sp³-hybridized carbons (Fsp3) is 0.500. The fourth-order valence-corrected chi connectivity index (χ4v) is 5.06. The maximum atomic E-state index is 12.0. The van der Waals surface area contributed by atoms with Crippen molar-refractivity contribution in [3.63, 3.8) is 0 Å². The van der Waals surface area contributed by atoms with Crippen molar-refractivity contribution in [3.05, 3.63) is 35.7 Å². The van der Waals surface area contributed by atoms with Gasteiger partial charge in [0, 0.05) is 32.3 Å². The van der Waals surface area contributed by atoms with Gasteiger partial charge in [-0.05, 0) is 56.5 Å². The van der Waals surface area contributed by atoms with Crippen molar-refractivity contribution >= 4 is 28.6 Å². The highest BCUT2D eigenvalue weighted by atomic mass is 16.5. The zero-order chi connectivity index (χ0) is 23.1. The maximum Gasteiger partial charge on any atom is 0.229 e. The van der Waals surface area contributed by atoms with Crippen LogP contribution in [0.4, 0.5) is 11.6 Å². The molecule has 0 aliphatic carbocycles. The van der Waals surface area contributed by atoms with E-state index in [1.807, 2.05) is 9.58 Å². The number of benzene rings is 1. The molecule has 2 aliphatic rings. The number of anilines is 2. The zero-order valence-corrected chi connectivity index (χ0v) is 19.7. The monoisotopic (exact) mass is 449 g/mol. The highest BCUT2D eigenvalue weighted by Crippen LogP contribution is 2.37. The number of ether oxygens (including phenoxy) is 1. The van der Waals surface area contributed by atoms with Gasteiger partial charge >= 0.3 is 0 Å². The lowest BCUT2D eigenvalue weighted by molar-refractivity contribution is -0.129. The molecule has 3 aromatic rings. The zero-order valence-electron chi connectivity index (χ0n) is 19.7. The van der Waals surface area contributed by atoms with E-state index >= 15 is 0 Å². The average Bonchev–Trinajstić information content (AvgIpc) is 3.44. The van der Waals surface area contributed by atoms with Crippen molar-refractivity contribution < 1.29 is 9.53 Å². The first-order chi connectivity index (χ1) is 15.9. The predicted octanol–water partition coefficient (Wildman–Crippen LogP) is 3.14. The third-order valence-corrected chi connectivity index (χ3v) is 7.09. The van der Waals surface area contributed by atoms with Crippen molar-refractivity contribution in [1.82, 2.24) is 29.5 Å². The Balaban J connectivity index is 1.44. The van der Waals surface area contributed by atoms with E-state index in [0.29, 0.717) is 18.5 Å². The number of fused-ring (bicyclic) bond motifs is 2. The molecule has 9 nitrogen and oxygen atoms in total. The van der Waals surface area contributed by atoms with Crippen LogP contribution in [0.3, 0.4) is 0 Å². The van der Waals surface area contributed by atoms with Crippen LogP contribution in [0.1, 0.15) is 43.9 Å². The Morgan fingerprint density at radius 2 is 2.12 bits per heavy atom. The van der Waals surface area contributed by atoms with Crippen LogP contribution in [0.25, 0.3) is 11.0 Å². The molecule has 0 radical (unpaired) electrons. The van der Waals surface area contributed by atoms with E-state index in [9.17, 15) is 4.79 Å². The molecule has 1 N–H and O–H groups in total. The number of nitrogens with one attached hydrogen (secondary N) is 1. The highest BCUT2D eigenvalue weighted by Gasteiger charge is 2.28. The fourth-order valence-electron chi connectivity index (χ4n) is 5.06. The number of nitrogens with zero attached hydrogens (tertiary/aromatic N) is 6. The third kappa shape index (κ3) is 4.01. The second-order valence-corrected chi connectivity index (χ2v) is 9.09. The second-order valence-electron chi connectivity index (χ2n) is 9.09. The molecule has 1 fully saturated rings. The first kappa shape index (κ1) is 21.6. The van der Waals surface area contributed by atoms with Gasteiger partial charge in [-0.3, -0.25) is 9.69 Å². The minimum Gasteiger partial charge on any atom is -0.495 e. The molecular formula is C24H31N7O2. The number of hydrogen-bond donors (Lipinski definition) is 1. The van der Waals surface area contributed by atoms with Crippen molar-refractivity contribution in [3.8, 4) is 5.75 Å². The Kier molecular flexibility index (Phi) is 5.65. The number of methoxy groups -OCH3 is 1. The summed E-state index contributed by atoms with van der Waals surface area (Å²) in [7, 11) is 3.84. The number of carbonyl (C=O) groups is 1. The molecule has 174 valence electrons. The van der Waals surface area contributed by atoms with E-state index in [2.05, 4.69) is 46.4 Å². The molecule has 2 atom stereocenters. The van der Waals surface area contributed by atoms with Gasteiger partial charge in [0.2, 0.25) is 11.9 Å². The summed E-state index contributed by atoms with van der Waals surface area (Å²) >= 11 is 0. The van der Waals surface area contributed by atoms with Gasteiger partial charge in [0.1, 0.15) is 5.75 Å². The largest absolute Gasteiger partial charge is 0.495 e. The van der Waals surface area contributed by atoms with Gasteiger partial charge in [0.25, 0.3) is 0 Å². The Labute approximate surface area is 193 Å². The van der Waals surface area contributed by atoms with Crippen molar-refractivity contribution in [1.29, 1.82) is 0 Å². The van der Waals surface area contributed by atoms with Gasteiger partial charge < -0.3 is 15.0 Å².